The molecule has 0 aliphatic carbocycles. The minimum atomic E-state index is -4.55. The Morgan fingerprint density at radius 3 is 1.92 bits per heavy atom. The van der Waals surface area contributed by atoms with Crippen molar-refractivity contribution >= 4 is 36.5 Å². The fourth-order valence-electron chi connectivity index (χ4n) is 3.48. The van der Waals surface area contributed by atoms with Gasteiger partial charge in [-0.2, -0.15) is 25.8 Å². The number of carboxylic acids is 1. The zero-order valence-corrected chi connectivity index (χ0v) is 21.3. The highest BCUT2D eigenvalue weighted by Gasteiger charge is 2.34. The lowest BCUT2D eigenvalue weighted by molar-refractivity contribution is -0.142. The second-order valence-corrected chi connectivity index (χ2v) is 10.1. The number of carboxylic acid groups (broad SMARTS) is 1. The number of carbonyl (C=O) groups is 3. The highest BCUT2D eigenvalue weighted by Crippen LogP contribution is 2.29. The van der Waals surface area contributed by atoms with Crippen molar-refractivity contribution in [3.63, 3.8) is 0 Å². The van der Waals surface area contributed by atoms with Crippen LogP contribution >= 0.6 is 12.6 Å². The van der Waals surface area contributed by atoms with E-state index < -0.39 is 40.3 Å². The van der Waals surface area contributed by atoms with Gasteiger partial charge in [-0.25, -0.2) is 4.79 Å². The van der Waals surface area contributed by atoms with Crippen LogP contribution in [0.4, 0.5) is 13.2 Å². The maximum atomic E-state index is 13.1. The summed E-state index contributed by atoms with van der Waals surface area (Å²) < 4.78 is 37.6. The van der Waals surface area contributed by atoms with Gasteiger partial charge in [0.1, 0.15) is 11.7 Å². The number of thiol groups is 1. The van der Waals surface area contributed by atoms with E-state index in [1.54, 1.807) is 24.3 Å². The van der Waals surface area contributed by atoms with Crippen LogP contribution in [0.5, 0.6) is 0 Å². The summed E-state index contributed by atoms with van der Waals surface area (Å²) in [5, 5.41) is 14.3. The number of benzene rings is 3. The zero-order chi connectivity index (χ0) is 28.1. The molecule has 2 amide bonds. The van der Waals surface area contributed by atoms with Gasteiger partial charge in [-0.1, -0.05) is 54.6 Å². The second kappa shape index (κ2) is 11.6. The highest BCUT2D eigenvalue weighted by atomic mass is 32.1. The Morgan fingerprint density at radius 2 is 1.42 bits per heavy atom. The number of hydrogen-bond acceptors (Lipinski definition) is 4. The number of amides is 2. The third kappa shape index (κ3) is 7.48. The van der Waals surface area contributed by atoms with Crippen LogP contribution in [-0.4, -0.2) is 33.7 Å². The Kier molecular flexibility index (Phi) is 8.67. The fraction of sp³-hybridized carbons (Fsp3) is 0.179. The molecule has 3 N–H and O–H groups in total. The number of carbonyl (C=O) groups excluding carboxylic acids is 2. The van der Waals surface area contributed by atoms with Gasteiger partial charge < -0.3 is 15.7 Å². The van der Waals surface area contributed by atoms with Gasteiger partial charge in [0, 0.05) is 10.3 Å². The number of alkyl halides is 3. The van der Waals surface area contributed by atoms with Gasteiger partial charge in [0.2, 0.25) is 0 Å². The Hall–Kier alpha value is -4.05. The highest BCUT2D eigenvalue weighted by molar-refractivity contribution is 7.81. The molecule has 1 unspecified atom stereocenters. The minimum absolute atomic E-state index is 0.180. The van der Waals surface area contributed by atoms with Crippen LogP contribution in [0.2, 0.25) is 0 Å². The van der Waals surface area contributed by atoms with E-state index in [2.05, 4.69) is 23.3 Å². The minimum Gasteiger partial charge on any atom is -0.480 e. The van der Waals surface area contributed by atoms with Crippen LogP contribution in [0.25, 0.3) is 17.2 Å². The molecule has 0 aliphatic heterocycles. The number of rotatable bonds is 8. The monoisotopic (exact) mass is 542 g/mol. The Morgan fingerprint density at radius 1 is 0.868 bits per heavy atom. The van der Waals surface area contributed by atoms with E-state index in [1.165, 1.54) is 13.8 Å². The largest absolute Gasteiger partial charge is 0.480 e. The smallest absolute Gasteiger partial charge is 0.416 e. The van der Waals surface area contributed by atoms with Crippen LogP contribution in [0.3, 0.4) is 0 Å². The second-order valence-electron chi connectivity index (χ2n) is 8.97. The van der Waals surface area contributed by atoms with Crippen LogP contribution in [-0.2, 0) is 15.8 Å². The van der Waals surface area contributed by atoms with Gasteiger partial charge in [-0.15, -0.1) is 0 Å². The first kappa shape index (κ1) is 28.5. The Balaban J connectivity index is 1.91. The van der Waals surface area contributed by atoms with Crippen molar-refractivity contribution in [3.8, 4) is 11.1 Å². The lowest BCUT2D eigenvalue weighted by atomic mass is 10.0. The molecule has 0 aliphatic rings. The fourth-order valence-corrected chi connectivity index (χ4v) is 3.66. The van der Waals surface area contributed by atoms with E-state index in [9.17, 15) is 32.7 Å². The topological polar surface area (TPSA) is 95.5 Å². The molecular weight excluding hydrogens is 517 g/mol. The number of hydrogen-bond donors (Lipinski definition) is 4. The predicted octanol–water partition coefficient (Wildman–Crippen LogP) is 5.42. The number of aliphatic carboxylic acids is 1. The average molecular weight is 543 g/mol. The van der Waals surface area contributed by atoms with E-state index in [4.69, 9.17) is 0 Å². The quantitative estimate of drug-likeness (QED) is 0.226. The first-order valence-corrected chi connectivity index (χ1v) is 11.8. The van der Waals surface area contributed by atoms with E-state index >= 15 is 0 Å². The van der Waals surface area contributed by atoms with E-state index in [0.29, 0.717) is 0 Å². The van der Waals surface area contributed by atoms with Gasteiger partial charge in [0.05, 0.1) is 5.56 Å². The molecule has 0 saturated heterocycles. The molecule has 0 bridgehead atoms. The lowest BCUT2D eigenvalue weighted by Gasteiger charge is -2.27. The van der Waals surface area contributed by atoms with Crippen LogP contribution in [0, 0.1) is 0 Å². The molecule has 3 aromatic carbocycles. The van der Waals surface area contributed by atoms with Crippen molar-refractivity contribution in [2.24, 2.45) is 0 Å². The average Bonchev–Trinajstić information content (AvgIpc) is 2.86. The molecule has 1 atom stereocenters. The van der Waals surface area contributed by atoms with Gasteiger partial charge in [-0.05, 0) is 60.9 Å². The summed E-state index contributed by atoms with van der Waals surface area (Å²) in [7, 11) is 0. The number of nitrogens with one attached hydrogen (secondary N) is 2. The van der Waals surface area contributed by atoms with E-state index in [-0.39, 0.29) is 16.8 Å². The summed E-state index contributed by atoms with van der Waals surface area (Å²) in [6.45, 7) is 2.97. The van der Waals surface area contributed by atoms with E-state index in [1.807, 2.05) is 30.3 Å². The first-order chi connectivity index (χ1) is 17.8. The molecule has 0 heterocycles. The van der Waals surface area contributed by atoms with E-state index in [0.717, 1.165) is 41.5 Å². The Bertz CT molecular complexity index is 1330. The molecular formula is C28H25F3N2O4S. The van der Waals surface area contributed by atoms with Crippen molar-refractivity contribution in [1.29, 1.82) is 0 Å². The summed E-state index contributed by atoms with van der Waals surface area (Å²) in [6, 6.07) is 18.5. The van der Waals surface area contributed by atoms with Crippen molar-refractivity contribution in [3.05, 3.63) is 101 Å². The van der Waals surface area contributed by atoms with Gasteiger partial charge in [-0.3, -0.25) is 9.59 Å². The van der Waals surface area contributed by atoms with Crippen LogP contribution in [0.15, 0.2) is 84.6 Å². The van der Waals surface area contributed by atoms with Crippen molar-refractivity contribution in [1.82, 2.24) is 10.6 Å². The van der Waals surface area contributed by atoms with Gasteiger partial charge in [0.25, 0.3) is 11.8 Å². The van der Waals surface area contributed by atoms with Gasteiger partial charge >= 0.3 is 12.1 Å². The maximum absolute atomic E-state index is 13.1. The SMILES string of the molecule is CC(C)(S)C(NC(=O)C(=Cc1ccc(C(F)(F)F)cc1)NC(=O)c1ccc(-c2ccccc2)cc1)C(=O)O. The van der Waals surface area contributed by atoms with Crippen molar-refractivity contribution in [2.75, 3.05) is 0 Å². The van der Waals surface area contributed by atoms with Gasteiger partial charge in [0.15, 0.2) is 0 Å². The zero-order valence-electron chi connectivity index (χ0n) is 20.4. The standard InChI is InChI=1S/C28H25F3N2O4S/c1-27(2,38)23(26(36)37)33-25(35)22(16-17-8-14-21(15-9-17)28(29,30)31)32-24(34)20-12-10-19(11-13-20)18-6-4-3-5-7-18/h3-16,23,38H,1-2H3,(H,32,34)(H,33,35)(H,36,37). The summed E-state index contributed by atoms with van der Waals surface area (Å²) in [5.74, 6) is -2.97. The molecule has 6 nitrogen and oxygen atoms in total. The molecule has 10 heteroatoms. The summed E-state index contributed by atoms with van der Waals surface area (Å²) in [4.78, 5) is 37.8. The predicted molar refractivity (Wildman–Crippen MR) is 141 cm³/mol. The summed E-state index contributed by atoms with van der Waals surface area (Å²) in [6.07, 6.45) is -3.38. The molecule has 3 rings (SSSR count). The maximum Gasteiger partial charge on any atom is 0.416 e. The van der Waals surface area contributed by atoms with Crippen LogP contribution < -0.4 is 10.6 Å². The number of halogens is 3. The molecule has 0 saturated carbocycles. The molecule has 0 spiro atoms. The Labute approximate surface area is 223 Å². The summed E-state index contributed by atoms with van der Waals surface area (Å²) in [5.41, 5.74) is 0.952. The van der Waals surface area contributed by atoms with Crippen molar-refractivity contribution in [2.45, 2.75) is 30.8 Å². The third-order valence-electron chi connectivity index (χ3n) is 5.52. The van der Waals surface area contributed by atoms with Crippen LogP contribution in [0.1, 0.15) is 35.3 Å². The molecule has 198 valence electrons. The van der Waals surface area contributed by atoms with Crippen molar-refractivity contribution < 1.29 is 32.7 Å². The first-order valence-electron chi connectivity index (χ1n) is 11.4. The lowest BCUT2D eigenvalue weighted by Crippen LogP contribution is -2.53. The third-order valence-corrected chi connectivity index (χ3v) is 5.78. The molecule has 38 heavy (non-hydrogen) atoms. The normalized spacial score (nSPS) is 12.9. The molecule has 0 radical (unpaired) electrons. The summed E-state index contributed by atoms with van der Waals surface area (Å²) >= 11 is 4.23. The molecule has 0 aromatic heterocycles. The molecule has 0 fully saturated rings. The molecule has 3 aromatic rings.